The van der Waals surface area contributed by atoms with E-state index in [0.29, 0.717) is 17.8 Å². The Morgan fingerprint density at radius 2 is 1.76 bits per heavy atom. The molecular formula is C18H26N2O. The predicted molar refractivity (Wildman–Crippen MR) is 85.1 cm³/mol. The van der Waals surface area contributed by atoms with Crippen LogP contribution in [0.1, 0.15) is 43.6 Å². The fourth-order valence-electron chi connectivity index (χ4n) is 3.51. The number of benzene rings is 1. The van der Waals surface area contributed by atoms with Gasteiger partial charge in [0.05, 0.1) is 0 Å². The zero-order valence-corrected chi connectivity index (χ0v) is 12.7. The van der Waals surface area contributed by atoms with Crippen molar-refractivity contribution in [1.29, 1.82) is 0 Å². The van der Waals surface area contributed by atoms with Crippen molar-refractivity contribution in [1.82, 2.24) is 10.6 Å². The van der Waals surface area contributed by atoms with E-state index in [-0.39, 0.29) is 5.91 Å². The Balaban J connectivity index is 1.38. The molecule has 1 amide bonds. The molecule has 1 aromatic carbocycles. The lowest BCUT2D eigenvalue weighted by atomic mass is 9.77. The molecule has 0 spiro atoms. The van der Waals surface area contributed by atoms with Crippen LogP contribution in [0.5, 0.6) is 0 Å². The van der Waals surface area contributed by atoms with Gasteiger partial charge in [0.25, 0.3) is 0 Å². The van der Waals surface area contributed by atoms with Crippen LogP contribution in [0.4, 0.5) is 0 Å². The summed E-state index contributed by atoms with van der Waals surface area (Å²) in [6.45, 7) is 2.97. The molecule has 2 fully saturated rings. The van der Waals surface area contributed by atoms with Crippen molar-refractivity contribution in [2.24, 2.45) is 11.8 Å². The van der Waals surface area contributed by atoms with Gasteiger partial charge >= 0.3 is 0 Å². The Labute approximate surface area is 127 Å². The lowest BCUT2D eigenvalue weighted by Crippen LogP contribution is -2.48. The van der Waals surface area contributed by atoms with Gasteiger partial charge in [0.15, 0.2) is 0 Å². The number of carbonyl (C=O) groups is 1. The molecule has 21 heavy (non-hydrogen) atoms. The largest absolute Gasteiger partial charge is 0.356 e. The molecule has 0 unspecified atom stereocenters. The van der Waals surface area contributed by atoms with Gasteiger partial charge in [0, 0.05) is 32.0 Å². The minimum Gasteiger partial charge on any atom is -0.356 e. The lowest BCUT2D eigenvalue weighted by molar-refractivity contribution is -0.122. The van der Waals surface area contributed by atoms with E-state index in [0.717, 1.165) is 26.1 Å². The summed E-state index contributed by atoms with van der Waals surface area (Å²) in [4.78, 5) is 12.0. The molecular weight excluding hydrogens is 260 g/mol. The van der Waals surface area contributed by atoms with Crippen LogP contribution in [0, 0.1) is 11.8 Å². The molecule has 114 valence electrons. The van der Waals surface area contributed by atoms with Crippen LogP contribution in [-0.2, 0) is 4.79 Å². The van der Waals surface area contributed by atoms with Gasteiger partial charge in [-0.15, -0.1) is 0 Å². The van der Waals surface area contributed by atoms with E-state index in [1.54, 1.807) is 0 Å². The Morgan fingerprint density at radius 1 is 1.05 bits per heavy atom. The van der Waals surface area contributed by atoms with Crippen molar-refractivity contribution in [3.8, 4) is 0 Å². The first-order valence-electron chi connectivity index (χ1n) is 8.33. The molecule has 2 N–H and O–H groups in total. The molecule has 2 aliphatic rings. The molecule has 0 bridgehead atoms. The number of carbonyl (C=O) groups excluding carboxylic acids is 1. The maximum absolute atomic E-state index is 12.0. The van der Waals surface area contributed by atoms with Crippen LogP contribution < -0.4 is 10.6 Å². The quantitative estimate of drug-likeness (QED) is 0.874. The van der Waals surface area contributed by atoms with Crippen LogP contribution in [0.3, 0.4) is 0 Å². The average Bonchev–Trinajstić information content (AvgIpc) is 2.47. The van der Waals surface area contributed by atoms with Crippen molar-refractivity contribution in [3.63, 3.8) is 0 Å². The maximum Gasteiger partial charge on any atom is 0.220 e. The van der Waals surface area contributed by atoms with Crippen LogP contribution in [0.25, 0.3) is 0 Å². The van der Waals surface area contributed by atoms with Crippen LogP contribution >= 0.6 is 0 Å². The van der Waals surface area contributed by atoms with E-state index < -0.39 is 0 Å². The van der Waals surface area contributed by atoms with E-state index in [4.69, 9.17) is 0 Å². The van der Waals surface area contributed by atoms with Gasteiger partial charge in [0.2, 0.25) is 5.91 Å². The molecule has 3 heteroatoms. The summed E-state index contributed by atoms with van der Waals surface area (Å²) in [7, 11) is 0. The van der Waals surface area contributed by atoms with E-state index in [2.05, 4.69) is 41.0 Å². The molecule has 1 heterocycles. The SMILES string of the molecule is O=C(CC1CCC(c2ccccc2)CC1)NCC1CNC1. The molecule has 1 aliphatic carbocycles. The minimum atomic E-state index is 0.255. The van der Waals surface area contributed by atoms with Crippen molar-refractivity contribution in [2.75, 3.05) is 19.6 Å². The third-order valence-corrected chi connectivity index (χ3v) is 5.05. The van der Waals surface area contributed by atoms with Gasteiger partial charge in [-0.1, -0.05) is 30.3 Å². The zero-order chi connectivity index (χ0) is 14.5. The molecule has 3 nitrogen and oxygen atoms in total. The van der Waals surface area contributed by atoms with Gasteiger partial charge in [-0.3, -0.25) is 4.79 Å². The highest BCUT2D eigenvalue weighted by Crippen LogP contribution is 2.36. The van der Waals surface area contributed by atoms with Crippen molar-refractivity contribution >= 4 is 5.91 Å². The molecule has 0 atom stereocenters. The fourth-order valence-corrected chi connectivity index (χ4v) is 3.51. The van der Waals surface area contributed by atoms with Gasteiger partial charge in [0.1, 0.15) is 0 Å². The Bertz CT molecular complexity index is 448. The van der Waals surface area contributed by atoms with Crippen molar-refractivity contribution < 1.29 is 4.79 Å². The van der Waals surface area contributed by atoms with Gasteiger partial charge in [-0.2, -0.15) is 0 Å². The Morgan fingerprint density at radius 3 is 2.38 bits per heavy atom. The summed E-state index contributed by atoms with van der Waals surface area (Å²) in [5.41, 5.74) is 1.47. The van der Waals surface area contributed by atoms with Crippen molar-refractivity contribution in [3.05, 3.63) is 35.9 Å². The zero-order valence-electron chi connectivity index (χ0n) is 12.7. The lowest BCUT2D eigenvalue weighted by Gasteiger charge is -2.29. The molecule has 1 aliphatic heterocycles. The third kappa shape index (κ3) is 4.07. The fraction of sp³-hybridized carbons (Fsp3) is 0.611. The second kappa shape index (κ2) is 7.08. The van der Waals surface area contributed by atoms with E-state index in [1.165, 1.54) is 31.2 Å². The highest BCUT2D eigenvalue weighted by Gasteiger charge is 2.24. The van der Waals surface area contributed by atoms with E-state index in [9.17, 15) is 4.79 Å². The molecule has 1 saturated heterocycles. The molecule has 0 aromatic heterocycles. The highest BCUT2D eigenvalue weighted by molar-refractivity contribution is 5.76. The Kier molecular flexibility index (Phi) is 4.91. The first-order chi connectivity index (χ1) is 10.3. The number of hydrogen-bond acceptors (Lipinski definition) is 2. The highest BCUT2D eigenvalue weighted by atomic mass is 16.1. The third-order valence-electron chi connectivity index (χ3n) is 5.05. The van der Waals surface area contributed by atoms with Gasteiger partial charge in [-0.05, 0) is 43.1 Å². The molecule has 3 rings (SSSR count). The van der Waals surface area contributed by atoms with Crippen LogP contribution in [-0.4, -0.2) is 25.5 Å². The Hall–Kier alpha value is -1.35. The van der Waals surface area contributed by atoms with Gasteiger partial charge in [-0.25, -0.2) is 0 Å². The molecule has 0 radical (unpaired) electrons. The average molecular weight is 286 g/mol. The van der Waals surface area contributed by atoms with Crippen LogP contribution in [0.2, 0.25) is 0 Å². The summed E-state index contributed by atoms with van der Waals surface area (Å²) in [5, 5.41) is 6.33. The molecule has 1 saturated carbocycles. The van der Waals surface area contributed by atoms with Gasteiger partial charge < -0.3 is 10.6 Å². The topological polar surface area (TPSA) is 41.1 Å². The summed E-state index contributed by atoms with van der Waals surface area (Å²) in [5.74, 6) is 2.20. The monoisotopic (exact) mass is 286 g/mol. The number of hydrogen-bond donors (Lipinski definition) is 2. The minimum absolute atomic E-state index is 0.255. The standard InChI is InChI=1S/C18H26N2O/c21-18(20-13-15-11-19-12-15)10-14-6-8-17(9-7-14)16-4-2-1-3-5-16/h1-5,14-15,17,19H,6-13H2,(H,20,21). The van der Waals surface area contributed by atoms with E-state index in [1.807, 2.05) is 0 Å². The summed E-state index contributed by atoms with van der Waals surface area (Å²) >= 11 is 0. The summed E-state index contributed by atoms with van der Waals surface area (Å²) in [6.07, 6.45) is 5.57. The molecule has 1 aromatic rings. The normalized spacial score (nSPS) is 26.1. The second-order valence-corrected chi connectivity index (χ2v) is 6.66. The van der Waals surface area contributed by atoms with E-state index >= 15 is 0 Å². The van der Waals surface area contributed by atoms with Crippen LogP contribution in [0.15, 0.2) is 30.3 Å². The smallest absolute Gasteiger partial charge is 0.220 e. The maximum atomic E-state index is 12.0. The first-order valence-corrected chi connectivity index (χ1v) is 8.33. The number of rotatable bonds is 5. The predicted octanol–water partition coefficient (Wildman–Crippen LogP) is 2.69. The first kappa shape index (κ1) is 14.6. The second-order valence-electron chi connectivity index (χ2n) is 6.66. The summed E-state index contributed by atoms with van der Waals surface area (Å²) in [6, 6.07) is 10.8. The number of nitrogens with one attached hydrogen (secondary N) is 2. The summed E-state index contributed by atoms with van der Waals surface area (Å²) < 4.78 is 0. The number of amides is 1. The van der Waals surface area contributed by atoms with Crippen molar-refractivity contribution in [2.45, 2.75) is 38.0 Å².